The molecule has 1 atom stereocenters. The van der Waals surface area contributed by atoms with E-state index in [1.54, 1.807) is 0 Å². The molecule has 0 aliphatic carbocycles. The summed E-state index contributed by atoms with van der Waals surface area (Å²) in [5.41, 5.74) is 0. The van der Waals surface area contributed by atoms with E-state index in [-0.39, 0.29) is 38.0 Å². The molecule has 0 aromatic rings. The number of unbranched alkanes of at least 4 members (excludes halogenated alkanes) is 10. The molecule has 0 unspecified atom stereocenters. The van der Waals surface area contributed by atoms with Gasteiger partial charge in [-0.15, -0.1) is 0 Å². The fraction of sp³-hybridized carbons (Fsp3) is 0.537. The van der Waals surface area contributed by atoms with Crippen molar-refractivity contribution < 1.29 is 28.6 Å². The van der Waals surface area contributed by atoms with Crippen LogP contribution in [-0.4, -0.2) is 37.2 Å². The molecule has 73 heavy (non-hydrogen) atoms. The molecule has 6 nitrogen and oxygen atoms in total. The average molecular weight is 1000 g/mol. The summed E-state index contributed by atoms with van der Waals surface area (Å²) in [5, 5.41) is 0. The Morgan fingerprint density at radius 2 is 0.562 bits per heavy atom. The van der Waals surface area contributed by atoms with Crippen LogP contribution in [0.4, 0.5) is 0 Å². The summed E-state index contributed by atoms with van der Waals surface area (Å²) in [6.45, 7) is 6.23. The van der Waals surface area contributed by atoms with Crippen molar-refractivity contribution in [1.82, 2.24) is 0 Å². The Hall–Kier alpha value is -5.23. The van der Waals surface area contributed by atoms with E-state index in [9.17, 15) is 14.4 Å². The molecule has 0 bridgehead atoms. The lowest BCUT2D eigenvalue weighted by atomic mass is 10.1. The van der Waals surface area contributed by atoms with E-state index in [0.717, 1.165) is 109 Å². The highest BCUT2D eigenvalue weighted by atomic mass is 16.6. The minimum absolute atomic E-state index is 0.144. The molecule has 0 amide bonds. The molecule has 0 radical (unpaired) electrons. The first kappa shape index (κ1) is 67.8. The van der Waals surface area contributed by atoms with Gasteiger partial charge in [0.1, 0.15) is 13.2 Å². The van der Waals surface area contributed by atoms with Crippen LogP contribution in [0.5, 0.6) is 0 Å². The standard InChI is InChI=1S/C67H102O6/c1-4-7-10-13-16-19-22-25-28-31-33-36-39-42-45-48-51-54-57-60-66(69)72-63-64(62-71-65(68)59-56-53-50-47-44-41-38-35-30-27-24-21-18-15-12-9-6-3)73-67(70)61-58-55-52-49-46-43-40-37-34-32-29-26-23-20-17-14-11-8-5-2/h7-8,10-11,16-21,25-30,33-34,36-37,42-43,45-46,51-52,54-55,64H,4-6,9,12-15,22-24,31-32,35,38-41,44,47-50,53,56-63H2,1-3H3/b10-7+,11-8+,19-16+,20-17+,21-18+,28-25+,29-26+,30-27+,36-33+,37-34+,45-42+,46-43+,54-51+,55-52+/t64-/m1/s1. The summed E-state index contributed by atoms with van der Waals surface area (Å²) in [6.07, 6.45) is 87.9. The number of allylic oxidation sites excluding steroid dienone is 28. The third kappa shape index (κ3) is 57.5. The van der Waals surface area contributed by atoms with E-state index in [1.165, 1.54) is 51.4 Å². The van der Waals surface area contributed by atoms with E-state index in [2.05, 4.69) is 167 Å². The van der Waals surface area contributed by atoms with Gasteiger partial charge in [0.2, 0.25) is 0 Å². The summed E-state index contributed by atoms with van der Waals surface area (Å²) >= 11 is 0. The zero-order chi connectivity index (χ0) is 52.9. The number of carbonyl (C=O) groups is 3. The van der Waals surface area contributed by atoms with E-state index >= 15 is 0 Å². The van der Waals surface area contributed by atoms with Gasteiger partial charge in [-0.2, -0.15) is 0 Å². The van der Waals surface area contributed by atoms with E-state index in [4.69, 9.17) is 14.2 Å². The van der Waals surface area contributed by atoms with Gasteiger partial charge in [-0.1, -0.05) is 236 Å². The molecular weight excluding hydrogens is 901 g/mol. The molecule has 0 saturated heterocycles. The van der Waals surface area contributed by atoms with Gasteiger partial charge >= 0.3 is 17.9 Å². The highest BCUT2D eigenvalue weighted by Crippen LogP contribution is 2.12. The monoisotopic (exact) mass is 1000 g/mol. The maximum atomic E-state index is 12.8. The Kier molecular flexibility index (Phi) is 55.1. The first-order valence-electron chi connectivity index (χ1n) is 28.6. The molecule has 0 spiro atoms. The maximum Gasteiger partial charge on any atom is 0.306 e. The molecule has 0 heterocycles. The lowest BCUT2D eigenvalue weighted by molar-refractivity contribution is -0.166. The third-order valence-electron chi connectivity index (χ3n) is 11.2. The predicted octanol–water partition coefficient (Wildman–Crippen LogP) is 19.5. The first-order valence-corrected chi connectivity index (χ1v) is 28.6. The van der Waals surface area contributed by atoms with Crippen LogP contribution in [-0.2, 0) is 28.6 Å². The summed E-state index contributed by atoms with van der Waals surface area (Å²) in [6, 6.07) is 0. The number of hydrogen-bond donors (Lipinski definition) is 0. The topological polar surface area (TPSA) is 78.9 Å². The molecule has 0 rings (SSSR count). The molecule has 406 valence electrons. The Bertz CT molecular complexity index is 1720. The Balaban J connectivity index is 4.67. The zero-order valence-electron chi connectivity index (χ0n) is 46.3. The van der Waals surface area contributed by atoms with E-state index in [0.29, 0.717) is 19.3 Å². The molecule has 6 heteroatoms. The van der Waals surface area contributed by atoms with Crippen molar-refractivity contribution in [2.24, 2.45) is 0 Å². The van der Waals surface area contributed by atoms with Crippen LogP contribution in [0.15, 0.2) is 170 Å². The Morgan fingerprint density at radius 3 is 0.918 bits per heavy atom. The number of ether oxygens (including phenoxy) is 3. The van der Waals surface area contributed by atoms with E-state index < -0.39 is 12.1 Å². The zero-order valence-corrected chi connectivity index (χ0v) is 46.3. The van der Waals surface area contributed by atoms with Gasteiger partial charge in [-0.05, 0) is 128 Å². The fourth-order valence-electron chi connectivity index (χ4n) is 6.99. The summed E-state index contributed by atoms with van der Waals surface area (Å²) < 4.78 is 16.7. The minimum atomic E-state index is -0.863. The van der Waals surface area contributed by atoms with Crippen molar-refractivity contribution in [3.8, 4) is 0 Å². The summed E-state index contributed by atoms with van der Waals surface area (Å²) in [5.74, 6) is -1.14. The molecule has 0 aliphatic heterocycles. The number of carbonyl (C=O) groups excluding carboxylic acids is 3. The molecule has 0 fully saturated rings. The van der Waals surface area contributed by atoms with Crippen LogP contribution in [0.25, 0.3) is 0 Å². The van der Waals surface area contributed by atoms with Gasteiger partial charge in [0.05, 0.1) is 0 Å². The molecular formula is C67H102O6. The molecule has 0 N–H and O–H groups in total. The van der Waals surface area contributed by atoms with Crippen LogP contribution < -0.4 is 0 Å². The Labute approximate surface area is 447 Å². The lowest BCUT2D eigenvalue weighted by Crippen LogP contribution is -2.30. The van der Waals surface area contributed by atoms with Gasteiger partial charge in [0.15, 0.2) is 6.10 Å². The summed E-state index contributed by atoms with van der Waals surface area (Å²) in [7, 11) is 0. The van der Waals surface area contributed by atoms with Gasteiger partial charge in [0, 0.05) is 19.3 Å². The second-order valence-electron chi connectivity index (χ2n) is 18.1. The second-order valence-corrected chi connectivity index (χ2v) is 18.1. The van der Waals surface area contributed by atoms with Crippen molar-refractivity contribution in [1.29, 1.82) is 0 Å². The van der Waals surface area contributed by atoms with Crippen LogP contribution in [0.2, 0.25) is 0 Å². The number of esters is 3. The lowest BCUT2D eigenvalue weighted by Gasteiger charge is -2.18. The smallest absolute Gasteiger partial charge is 0.306 e. The normalized spacial score (nSPS) is 13.4. The minimum Gasteiger partial charge on any atom is -0.462 e. The third-order valence-corrected chi connectivity index (χ3v) is 11.2. The highest BCUT2D eigenvalue weighted by molar-refractivity contribution is 5.71. The maximum absolute atomic E-state index is 12.8. The molecule has 0 saturated carbocycles. The van der Waals surface area contributed by atoms with Gasteiger partial charge < -0.3 is 14.2 Å². The highest BCUT2D eigenvalue weighted by Gasteiger charge is 2.19. The van der Waals surface area contributed by atoms with Crippen LogP contribution in [0, 0.1) is 0 Å². The number of hydrogen-bond acceptors (Lipinski definition) is 6. The van der Waals surface area contributed by atoms with Crippen LogP contribution in [0.3, 0.4) is 0 Å². The Morgan fingerprint density at radius 1 is 0.288 bits per heavy atom. The first-order chi connectivity index (χ1) is 36.0. The summed E-state index contributed by atoms with van der Waals surface area (Å²) in [4.78, 5) is 38.1. The average Bonchev–Trinajstić information content (AvgIpc) is 3.39. The van der Waals surface area contributed by atoms with Crippen LogP contribution in [0.1, 0.15) is 213 Å². The second kappa shape index (κ2) is 59.3. The molecule has 0 aromatic carbocycles. The van der Waals surface area contributed by atoms with Crippen LogP contribution >= 0.6 is 0 Å². The van der Waals surface area contributed by atoms with E-state index in [1.807, 2.05) is 24.3 Å². The SMILES string of the molecule is CC/C=C/C/C=C/C/C=C/C/C=C/C/C=C/C/C=C/CCC(=O)OC[C@@H](COC(=O)CCCCCCCCC/C=C/C/C=C/CCCCC)OC(=O)CC/C=C/C/C=C/C/C=C/C/C=C/C/C=C/C/C=C/CC. The molecule has 0 aromatic heterocycles. The fourth-order valence-corrected chi connectivity index (χ4v) is 6.99. The van der Waals surface area contributed by atoms with Gasteiger partial charge in [-0.3, -0.25) is 14.4 Å². The van der Waals surface area contributed by atoms with Gasteiger partial charge in [-0.25, -0.2) is 0 Å². The predicted molar refractivity (Wildman–Crippen MR) is 315 cm³/mol. The van der Waals surface area contributed by atoms with Crippen molar-refractivity contribution in [3.63, 3.8) is 0 Å². The van der Waals surface area contributed by atoms with Crippen molar-refractivity contribution in [2.45, 2.75) is 219 Å². The quantitative estimate of drug-likeness (QED) is 0.0261. The largest absolute Gasteiger partial charge is 0.462 e. The number of rotatable bonds is 49. The van der Waals surface area contributed by atoms with Gasteiger partial charge in [0.25, 0.3) is 0 Å². The van der Waals surface area contributed by atoms with Crippen molar-refractivity contribution in [3.05, 3.63) is 170 Å². The van der Waals surface area contributed by atoms with Crippen molar-refractivity contribution in [2.75, 3.05) is 13.2 Å². The molecule has 0 aliphatic rings. The van der Waals surface area contributed by atoms with Crippen molar-refractivity contribution >= 4 is 17.9 Å².